The van der Waals surface area contributed by atoms with E-state index in [1.807, 2.05) is 18.2 Å². The van der Waals surface area contributed by atoms with Gasteiger partial charge in [-0.2, -0.15) is 15.2 Å². The molecule has 0 radical (unpaired) electrons. The number of aromatic amines is 1. The molecule has 0 unspecified atom stereocenters. The molecule has 8 heteroatoms. The average Bonchev–Trinajstić information content (AvgIpc) is 2.85. The highest BCUT2D eigenvalue weighted by Crippen LogP contribution is 2.29. The number of rotatable bonds is 3. The first-order valence-electron chi connectivity index (χ1n) is 5.75. The molecule has 20 heavy (non-hydrogen) atoms. The quantitative estimate of drug-likeness (QED) is 0.682. The Labute approximate surface area is 119 Å². The lowest BCUT2D eigenvalue weighted by Gasteiger charge is -2.06. The normalized spacial score (nSPS) is 10.4. The highest BCUT2D eigenvalue weighted by atomic mass is 35.5. The van der Waals surface area contributed by atoms with Crippen molar-refractivity contribution in [2.75, 3.05) is 11.1 Å². The molecule has 0 saturated carbocycles. The van der Waals surface area contributed by atoms with Gasteiger partial charge < -0.3 is 11.1 Å². The summed E-state index contributed by atoms with van der Waals surface area (Å²) in [4.78, 5) is 3.95. The molecule has 0 spiro atoms. The van der Waals surface area contributed by atoms with Crippen LogP contribution in [0.3, 0.4) is 0 Å². The zero-order valence-corrected chi connectivity index (χ0v) is 11.0. The van der Waals surface area contributed by atoms with E-state index >= 15 is 0 Å². The molecular formula is C12H10ClN7. The summed E-state index contributed by atoms with van der Waals surface area (Å²) in [5, 5.41) is 17.8. The largest absolute Gasteiger partial charge is 0.368 e. The van der Waals surface area contributed by atoms with Crippen molar-refractivity contribution in [3.05, 3.63) is 41.6 Å². The van der Waals surface area contributed by atoms with E-state index in [4.69, 9.17) is 17.3 Å². The van der Waals surface area contributed by atoms with Gasteiger partial charge in [0.1, 0.15) is 0 Å². The van der Waals surface area contributed by atoms with Gasteiger partial charge in [0.05, 0.1) is 10.7 Å². The molecule has 2 aromatic heterocycles. The molecular weight excluding hydrogens is 278 g/mol. The first-order chi connectivity index (χ1) is 9.72. The number of nitrogen functional groups attached to an aromatic ring is 1. The van der Waals surface area contributed by atoms with Crippen molar-refractivity contribution in [1.29, 1.82) is 0 Å². The zero-order chi connectivity index (χ0) is 13.9. The Morgan fingerprint density at radius 3 is 2.80 bits per heavy atom. The second-order valence-corrected chi connectivity index (χ2v) is 4.38. The molecule has 0 saturated heterocycles. The van der Waals surface area contributed by atoms with Crippen LogP contribution in [0.1, 0.15) is 0 Å². The van der Waals surface area contributed by atoms with Crippen LogP contribution in [0.4, 0.5) is 17.6 Å². The molecule has 4 N–H and O–H groups in total. The lowest BCUT2D eigenvalue weighted by Crippen LogP contribution is -1.94. The predicted octanol–water partition coefficient (Wildman–Crippen LogP) is 2.24. The number of nitrogens with zero attached hydrogens (tertiary/aromatic N) is 4. The second-order valence-electron chi connectivity index (χ2n) is 3.97. The van der Waals surface area contributed by atoms with Crippen molar-refractivity contribution in [3.8, 4) is 11.3 Å². The van der Waals surface area contributed by atoms with Crippen molar-refractivity contribution >= 4 is 29.2 Å². The molecule has 0 aliphatic rings. The van der Waals surface area contributed by atoms with Crippen LogP contribution in [0.15, 0.2) is 36.5 Å². The van der Waals surface area contributed by atoms with Gasteiger partial charge in [-0.25, -0.2) is 5.10 Å². The van der Waals surface area contributed by atoms with E-state index in [0.717, 1.165) is 11.3 Å². The summed E-state index contributed by atoms with van der Waals surface area (Å²) in [5.74, 6) is 0.626. The van der Waals surface area contributed by atoms with Crippen LogP contribution in [-0.2, 0) is 0 Å². The molecule has 3 rings (SSSR count). The monoisotopic (exact) mass is 287 g/mol. The topological polar surface area (TPSA) is 105 Å². The van der Waals surface area contributed by atoms with Crippen LogP contribution in [0.5, 0.6) is 0 Å². The second kappa shape index (κ2) is 5.14. The number of hydrogen-bond donors (Lipinski definition) is 3. The molecule has 0 amide bonds. The molecule has 2 heterocycles. The molecule has 1 aromatic carbocycles. The summed E-state index contributed by atoms with van der Waals surface area (Å²) in [6, 6.07) is 9.11. The Kier molecular flexibility index (Phi) is 3.18. The van der Waals surface area contributed by atoms with Gasteiger partial charge in [0, 0.05) is 17.4 Å². The number of halogens is 1. The lowest BCUT2D eigenvalue weighted by molar-refractivity contribution is 1.04. The van der Waals surface area contributed by atoms with Crippen molar-refractivity contribution in [2.45, 2.75) is 0 Å². The Balaban J connectivity index is 1.88. The predicted molar refractivity (Wildman–Crippen MR) is 76.6 cm³/mol. The number of aromatic nitrogens is 5. The maximum Gasteiger partial charge on any atom is 0.248 e. The van der Waals surface area contributed by atoms with Gasteiger partial charge in [-0.05, 0) is 30.3 Å². The minimum atomic E-state index is 0.245. The van der Waals surface area contributed by atoms with E-state index in [2.05, 4.69) is 30.7 Å². The van der Waals surface area contributed by atoms with E-state index in [9.17, 15) is 0 Å². The molecule has 0 bridgehead atoms. The number of H-pyrrole nitrogens is 1. The SMILES string of the molecule is Nc1nc(Nc2ccc(-c3cccnn3)c(Cl)c2)n[nH]1. The van der Waals surface area contributed by atoms with Gasteiger partial charge in [0.25, 0.3) is 0 Å². The minimum Gasteiger partial charge on any atom is -0.368 e. The van der Waals surface area contributed by atoms with E-state index in [1.54, 1.807) is 18.3 Å². The third-order valence-electron chi connectivity index (χ3n) is 2.58. The fraction of sp³-hybridized carbons (Fsp3) is 0. The van der Waals surface area contributed by atoms with E-state index in [1.165, 1.54) is 0 Å². The third-order valence-corrected chi connectivity index (χ3v) is 2.89. The summed E-state index contributed by atoms with van der Waals surface area (Å²) in [6.07, 6.45) is 1.61. The molecule has 0 fully saturated rings. The van der Waals surface area contributed by atoms with Crippen LogP contribution in [-0.4, -0.2) is 25.4 Å². The fourth-order valence-electron chi connectivity index (χ4n) is 1.71. The van der Waals surface area contributed by atoms with Gasteiger partial charge >= 0.3 is 0 Å². The molecule has 100 valence electrons. The van der Waals surface area contributed by atoms with Gasteiger partial charge in [-0.1, -0.05) is 11.6 Å². The fourth-order valence-corrected chi connectivity index (χ4v) is 1.98. The van der Waals surface area contributed by atoms with Gasteiger partial charge in [0.2, 0.25) is 11.9 Å². The molecule has 3 aromatic rings. The first kappa shape index (κ1) is 12.4. The van der Waals surface area contributed by atoms with E-state index in [-0.39, 0.29) is 5.95 Å². The van der Waals surface area contributed by atoms with E-state index in [0.29, 0.717) is 16.7 Å². The molecule has 7 nitrogen and oxygen atoms in total. The summed E-state index contributed by atoms with van der Waals surface area (Å²) in [7, 11) is 0. The van der Waals surface area contributed by atoms with Crippen LogP contribution in [0.2, 0.25) is 5.02 Å². The Morgan fingerprint density at radius 2 is 2.15 bits per heavy atom. The van der Waals surface area contributed by atoms with Gasteiger partial charge in [-0.15, -0.1) is 5.10 Å². The summed E-state index contributed by atoms with van der Waals surface area (Å²) in [6.45, 7) is 0. The minimum absolute atomic E-state index is 0.245. The summed E-state index contributed by atoms with van der Waals surface area (Å²) >= 11 is 6.25. The first-order valence-corrected chi connectivity index (χ1v) is 6.13. The van der Waals surface area contributed by atoms with Crippen LogP contribution >= 0.6 is 11.6 Å². The highest BCUT2D eigenvalue weighted by Gasteiger charge is 2.07. The summed E-state index contributed by atoms with van der Waals surface area (Å²) < 4.78 is 0. The number of nitrogens with two attached hydrogens (primary N) is 1. The van der Waals surface area contributed by atoms with Crippen molar-refractivity contribution in [3.63, 3.8) is 0 Å². The third kappa shape index (κ3) is 2.52. The number of hydrogen-bond acceptors (Lipinski definition) is 6. The zero-order valence-electron chi connectivity index (χ0n) is 10.2. The Bertz CT molecular complexity index is 726. The van der Waals surface area contributed by atoms with Gasteiger partial charge in [0.15, 0.2) is 0 Å². The molecule has 0 aliphatic heterocycles. The molecule has 0 atom stereocenters. The number of benzene rings is 1. The Hall–Kier alpha value is -2.67. The maximum atomic E-state index is 6.25. The van der Waals surface area contributed by atoms with Crippen LogP contribution < -0.4 is 11.1 Å². The number of nitrogens with one attached hydrogen (secondary N) is 2. The van der Waals surface area contributed by atoms with Crippen molar-refractivity contribution in [2.24, 2.45) is 0 Å². The maximum absolute atomic E-state index is 6.25. The standard InChI is InChI=1S/C12H10ClN7/c13-9-6-7(16-12-17-11(14)19-20-12)3-4-8(9)10-2-1-5-15-18-10/h1-6H,(H4,14,16,17,19,20). The van der Waals surface area contributed by atoms with Gasteiger partial charge in [-0.3, -0.25) is 0 Å². The smallest absolute Gasteiger partial charge is 0.248 e. The van der Waals surface area contributed by atoms with Crippen LogP contribution in [0, 0.1) is 0 Å². The van der Waals surface area contributed by atoms with Crippen molar-refractivity contribution in [1.82, 2.24) is 25.4 Å². The van der Waals surface area contributed by atoms with Crippen molar-refractivity contribution < 1.29 is 0 Å². The lowest BCUT2D eigenvalue weighted by atomic mass is 10.1. The van der Waals surface area contributed by atoms with E-state index < -0.39 is 0 Å². The highest BCUT2D eigenvalue weighted by molar-refractivity contribution is 6.33. The number of anilines is 3. The summed E-state index contributed by atoms with van der Waals surface area (Å²) in [5.41, 5.74) is 7.72. The molecule has 0 aliphatic carbocycles. The van der Waals surface area contributed by atoms with Crippen LogP contribution in [0.25, 0.3) is 11.3 Å². The Morgan fingerprint density at radius 1 is 1.25 bits per heavy atom. The average molecular weight is 288 g/mol.